The normalized spacial score (nSPS) is 12.5. The quantitative estimate of drug-likeness (QED) is 0.684. The van der Waals surface area contributed by atoms with E-state index in [1.165, 1.54) is 4.90 Å². The Labute approximate surface area is 182 Å². The number of aromatic nitrogens is 2. The topological polar surface area (TPSA) is 67.2 Å². The molecule has 6 heteroatoms. The van der Waals surface area contributed by atoms with Crippen LogP contribution in [0.15, 0.2) is 42.5 Å². The van der Waals surface area contributed by atoms with Crippen LogP contribution in [0.3, 0.4) is 0 Å². The Bertz CT molecular complexity index is 1120. The lowest BCUT2D eigenvalue weighted by molar-refractivity contribution is -0.116. The van der Waals surface area contributed by atoms with Gasteiger partial charge in [0.1, 0.15) is 0 Å². The second-order valence-electron chi connectivity index (χ2n) is 8.36. The zero-order valence-corrected chi connectivity index (χ0v) is 18.5. The maximum atomic E-state index is 13.2. The fraction of sp³-hybridized carbons (Fsp3) is 0.320. The molecule has 31 heavy (non-hydrogen) atoms. The zero-order valence-electron chi connectivity index (χ0n) is 18.5. The van der Waals surface area contributed by atoms with E-state index in [2.05, 4.69) is 10.4 Å². The first kappa shape index (κ1) is 20.8. The van der Waals surface area contributed by atoms with Crippen molar-refractivity contribution in [3.8, 4) is 5.69 Å². The average molecular weight is 417 g/mol. The van der Waals surface area contributed by atoms with Gasteiger partial charge in [0.25, 0.3) is 5.91 Å². The molecule has 1 N–H and O–H groups in total. The summed E-state index contributed by atoms with van der Waals surface area (Å²) in [6.45, 7) is 5.96. The molecule has 3 aromatic rings. The van der Waals surface area contributed by atoms with E-state index >= 15 is 0 Å². The molecule has 0 atom stereocenters. The summed E-state index contributed by atoms with van der Waals surface area (Å²) in [4.78, 5) is 27.3. The number of carbonyl (C=O) groups excluding carboxylic acids is 2. The van der Waals surface area contributed by atoms with Crippen molar-refractivity contribution in [2.24, 2.45) is 0 Å². The molecule has 0 aliphatic heterocycles. The predicted octanol–water partition coefficient (Wildman–Crippen LogP) is 4.00. The summed E-state index contributed by atoms with van der Waals surface area (Å²) in [5.41, 5.74) is 7.50. The second-order valence-corrected chi connectivity index (χ2v) is 8.36. The van der Waals surface area contributed by atoms with Gasteiger partial charge in [0.15, 0.2) is 5.69 Å². The Balaban J connectivity index is 1.52. The van der Waals surface area contributed by atoms with Crippen LogP contribution < -0.4 is 5.32 Å². The fourth-order valence-electron chi connectivity index (χ4n) is 4.42. The number of amides is 2. The van der Waals surface area contributed by atoms with Crippen molar-refractivity contribution in [3.05, 3.63) is 76.1 Å². The number of rotatable bonds is 5. The molecule has 1 aliphatic rings. The third-order valence-electron chi connectivity index (χ3n) is 5.80. The minimum atomic E-state index is -0.222. The van der Waals surface area contributed by atoms with Crippen LogP contribution in [0.1, 0.15) is 44.9 Å². The predicted molar refractivity (Wildman–Crippen MR) is 122 cm³/mol. The van der Waals surface area contributed by atoms with Gasteiger partial charge in [-0.25, -0.2) is 4.68 Å². The van der Waals surface area contributed by atoms with Gasteiger partial charge in [0.2, 0.25) is 5.91 Å². The van der Waals surface area contributed by atoms with Gasteiger partial charge in [0, 0.05) is 24.0 Å². The van der Waals surface area contributed by atoms with E-state index in [9.17, 15) is 9.59 Å². The number of anilines is 1. The summed E-state index contributed by atoms with van der Waals surface area (Å²) in [7, 11) is 1.65. The molecule has 1 aliphatic carbocycles. The summed E-state index contributed by atoms with van der Waals surface area (Å²) >= 11 is 0. The molecule has 4 rings (SSSR count). The Morgan fingerprint density at radius 2 is 1.74 bits per heavy atom. The van der Waals surface area contributed by atoms with Gasteiger partial charge < -0.3 is 10.2 Å². The molecule has 2 aromatic carbocycles. The highest BCUT2D eigenvalue weighted by molar-refractivity contribution is 5.99. The van der Waals surface area contributed by atoms with Crippen LogP contribution in [0.4, 0.5) is 5.69 Å². The summed E-state index contributed by atoms with van der Waals surface area (Å²) in [6, 6.07) is 13.9. The lowest BCUT2D eigenvalue weighted by Gasteiger charge is -2.18. The molecule has 2 amide bonds. The smallest absolute Gasteiger partial charge is 0.274 e. The number of hydrogen-bond acceptors (Lipinski definition) is 3. The SMILES string of the molecule is Cc1cc(C)c(NC(=O)CN(C)C(=O)c2nn(-c3ccccc3)c3c2CCC3)c(C)c1. The van der Waals surface area contributed by atoms with E-state index < -0.39 is 0 Å². The summed E-state index contributed by atoms with van der Waals surface area (Å²) in [6.07, 6.45) is 2.75. The zero-order chi connectivity index (χ0) is 22.1. The highest BCUT2D eigenvalue weighted by Crippen LogP contribution is 2.28. The third-order valence-corrected chi connectivity index (χ3v) is 5.80. The highest BCUT2D eigenvalue weighted by Gasteiger charge is 2.29. The minimum absolute atomic E-state index is 0.0292. The number of nitrogens with one attached hydrogen (secondary N) is 1. The van der Waals surface area contributed by atoms with Crippen molar-refractivity contribution in [2.75, 3.05) is 18.9 Å². The van der Waals surface area contributed by atoms with Crippen LogP contribution in [-0.2, 0) is 17.6 Å². The van der Waals surface area contributed by atoms with Gasteiger partial charge in [-0.1, -0.05) is 35.9 Å². The molecular weight excluding hydrogens is 388 g/mol. The number of benzene rings is 2. The van der Waals surface area contributed by atoms with Crippen LogP contribution in [-0.4, -0.2) is 40.1 Å². The molecule has 0 saturated heterocycles. The van der Waals surface area contributed by atoms with Gasteiger partial charge in [-0.15, -0.1) is 0 Å². The van der Waals surface area contributed by atoms with Crippen molar-refractivity contribution >= 4 is 17.5 Å². The van der Waals surface area contributed by atoms with Crippen LogP contribution in [0.25, 0.3) is 5.69 Å². The standard InChI is InChI=1S/C25H28N4O2/c1-16-13-17(2)23(18(3)14-16)26-22(30)15-28(4)25(31)24-20-11-8-12-21(20)29(27-24)19-9-6-5-7-10-19/h5-7,9-10,13-14H,8,11-12,15H2,1-4H3,(H,26,30). The third kappa shape index (κ3) is 4.10. The number of hydrogen-bond donors (Lipinski definition) is 1. The molecule has 0 spiro atoms. The number of aryl methyl sites for hydroxylation is 3. The Morgan fingerprint density at radius 1 is 1.06 bits per heavy atom. The van der Waals surface area contributed by atoms with E-state index in [1.807, 2.05) is 67.9 Å². The van der Waals surface area contributed by atoms with E-state index in [0.29, 0.717) is 5.69 Å². The lowest BCUT2D eigenvalue weighted by atomic mass is 10.1. The lowest BCUT2D eigenvalue weighted by Crippen LogP contribution is -2.35. The van der Waals surface area contributed by atoms with Gasteiger partial charge in [-0.2, -0.15) is 5.10 Å². The van der Waals surface area contributed by atoms with E-state index in [1.54, 1.807) is 7.05 Å². The Morgan fingerprint density at radius 3 is 2.42 bits per heavy atom. The van der Waals surface area contributed by atoms with Crippen LogP contribution in [0.2, 0.25) is 0 Å². The largest absolute Gasteiger partial charge is 0.331 e. The molecule has 1 heterocycles. The summed E-state index contributed by atoms with van der Waals surface area (Å²) in [5, 5.41) is 7.61. The van der Waals surface area contributed by atoms with Gasteiger partial charge in [-0.3, -0.25) is 9.59 Å². The Kier molecular flexibility index (Phi) is 5.63. The Hall–Kier alpha value is -3.41. The number of fused-ring (bicyclic) bond motifs is 1. The van der Waals surface area contributed by atoms with Gasteiger partial charge in [0.05, 0.1) is 12.2 Å². The van der Waals surface area contributed by atoms with Crippen molar-refractivity contribution in [2.45, 2.75) is 40.0 Å². The number of likely N-dealkylation sites (N-methyl/N-ethyl adjacent to an activating group) is 1. The first-order valence-corrected chi connectivity index (χ1v) is 10.6. The molecule has 0 saturated carbocycles. The van der Waals surface area contributed by atoms with Gasteiger partial charge >= 0.3 is 0 Å². The van der Waals surface area contributed by atoms with Crippen molar-refractivity contribution in [1.29, 1.82) is 0 Å². The molecular formula is C25H28N4O2. The minimum Gasteiger partial charge on any atom is -0.331 e. The molecule has 160 valence electrons. The summed E-state index contributed by atoms with van der Waals surface area (Å²) < 4.78 is 1.88. The van der Waals surface area contributed by atoms with Crippen LogP contribution in [0.5, 0.6) is 0 Å². The molecule has 6 nitrogen and oxygen atoms in total. The monoisotopic (exact) mass is 416 g/mol. The summed E-state index contributed by atoms with van der Waals surface area (Å²) in [5.74, 6) is -0.439. The van der Waals surface area contributed by atoms with E-state index in [4.69, 9.17) is 0 Å². The molecule has 1 aromatic heterocycles. The van der Waals surface area contributed by atoms with E-state index in [0.717, 1.165) is 58.6 Å². The fourth-order valence-corrected chi connectivity index (χ4v) is 4.42. The number of para-hydroxylation sites is 1. The first-order chi connectivity index (χ1) is 14.8. The van der Waals surface area contributed by atoms with Crippen molar-refractivity contribution in [3.63, 3.8) is 0 Å². The average Bonchev–Trinajstić information content (AvgIpc) is 3.33. The molecule has 0 unspecified atom stereocenters. The second kappa shape index (κ2) is 8.38. The maximum absolute atomic E-state index is 13.2. The number of nitrogens with zero attached hydrogens (tertiary/aromatic N) is 3. The van der Waals surface area contributed by atoms with Crippen molar-refractivity contribution in [1.82, 2.24) is 14.7 Å². The van der Waals surface area contributed by atoms with Crippen molar-refractivity contribution < 1.29 is 9.59 Å². The van der Waals surface area contributed by atoms with Crippen LogP contribution in [0, 0.1) is 20.8 Å². The van der Waals surface area contributed by atoms with Gasteiger partial charge in [-0.05, 0) is 63.3 Å². The van der Waals surface area contributed by atoms with E-state index in [-0.39, 0.29) is 18.4 Å². The molecule has 0 radical (unpaired) electrons. The maximum Gasteiger partial charge on any atom is 0.274 e. The molecule has 0 bridgehead atoms. The first-order valence-electron chi connectivity index (χ1n) is 10.6. The molecule has 0 fully saturated rings. The number of carbonyl (C=O) groups is 2. The highest BCUT2D eigenvalue weighted by atomic mass is 16.2. The van der Waals surface area contributed by atoms with Crippen LogP contribution >= 0.6 is 0 Å².